The normalized spacial score (nSPS) is 10.5. The highest BCUT2D eigenvalue weighted by molar-refractivity contribution is 7.99. The number of benzene rings is 2. The van der Waals surface area contributed by atoms with Crippen molar-refractivity contribution in [3.8, 4) is 17.2 Å². The van der Waals surface area contributed by atoms with Crippen molar-refractivity contribution in [1.82, 2.24) is 4.98 Å². The Bertz CT molecular complexity index is 841. The Morgan fingerprint density at radius 2 is 2.00 bits per heavy atom. The van der Waals surface area contributed by atoms with Crippen molar-refractivity contribution >= 4 is 22.5 Å². The minimum atomic E-state index is 0.451. The number of nitriles is 1. The van der Waals surface area contributed by atoms with Crippen LogP contribution in [-0.2, 0) is 4.74 Å². The van der Waals surface area contributed by atoms with E-state index < -0.39 is 0 Å². The monoisotopic (exact) mass is 306 g/mol. The standard InChI is InChI=1S/C18H14N2OS/c1-21-12-22-15-8-7-14-11-20-17(10-19)18(16(14)9-15)13-5-3-2-4-6-13/h2-9,11H,12H2,1H3. The van der Waals surface area contributed by atoms with Crippen LogP contribution in [0.1, 0.15) is 5.69 Å². The molecule has 0 amide bonds. The molecule has 108 valence electrons. The van der Waals surface area contributed by atoms with Crippen molar-refractivity contribution in [3.63, 3.8) is 0 Å². The lowest BCUT2D eigenvalue weighted by molar-refractivity contribution is 0.259. The summed E-state index contributed by atoms with van der Waals surface area (Å²) >= 11 is 1.63. The number of pyridine rings is 1. The van der Waals surface area contributed by atoms with Gasteiger partial charge in [0.05, 0.1) is 5.94 Å². The number of hydrogen-bond acceptors (Lipinski definition) is 4. The van der Waals surface area contributed by atoms with E-state index in [1.54, 1.807) is 25.1 Å². The average molecular weight is 306 g/mol. The summed E-state index contributed by atoms with van der Waals surface area (Å²) in [5, 5.41) is 11.5. The third-order valence-electron chi connectivity index (χ3n) is 3.38. The number of ether oxygens (including phenoxy) is 1. The molecule has 0 saturated heterocycles. The highest BCUT2D eigenvalue weighted by Gasteiger charge is 2.11. The fourth-order valence-corrected chi connectivity index (χ4v) is 3.01. The topological polar surface area (TPSA) is 45.9 Å². The van der Waals surface area contributed by atoms with Gasteiger partial charge in [0.25, 0.3) is 0 Å². The minimum Gasteiger partial charge on any atom is -0.374 e. The van der Waals surface area contributed by atoms with E-state index in [-0.39, 0.29) is 0 Å². The van der Waals surface area contributed by atoms with Gasteiger partial charge in [0.2, 0.25) is 0 Å². The van der Waals surface area contributed by atoms with Crippen molar-refractivity contribution in [2.75, 3.05) is 13.0 Å². The molecule has 0 unspecified atom stereocenters. The summed E-state index contributed by atoms with van der Waals surface area (Å²) in [6.45, 7) is 0. The molecule has 3 aromatic rings. The molecule has 0 N–H and O–H groups in total. The molecule has 0 aliphatic carbocycles. The maximum atomic E-state index is 9.41. The van der Waals surface area contributed by atoms with Crippen molar-refractivity contribution in [3.05, 3.63) is 60.4 Å². The Hall–Kier alpha value is -2.35. The van der Waals surface area contributed by atoms with E-state index >= 15 is 0 Å². The number of methoxy groups -OCH3 is 1. The van der Waals surface area contributed by atoms with Gasteiger partial charge in [-0.25, -0.2) is 4.98 Å². The predicted octanol–water partition coefficient (Wildman–Crippen LogP) is 4.47. The van der Waals surface area contributed by atoms with Crippen LogP contribution in [0.5, 0.6) is 0 Å². The van der Waals surface area contributed by atoms with Gasteiger partial charge in [-0.2, -0.15) is 5.26 Å². The van der Waals surface area contributed by atoms with Gasteiger partial charge in [-0.1, -0.05) is 48.2 Å². The second-order valence-corrected chi connectivity index (χ2v) is 5.76. The lowest BCUT2D eigenvalue weighted by Gasteiger charge is -2.10. The molecule has 0 bridgehead atoms. The second kappa shape index (κ2) is 6.61. The number of aromatic nitrogens is 1. The van der Waals surface area contributed by atoms with E-state index in [4.69, 9.17) is 4.74 Å². The SMILES string of the molecule is COCSc1ccc2cnc(C#N)c(-c3ccccc3)c2c1. The van der Waals surface area contributed by atoms with E-state index in [2.05, 4.69) is 23.2 Å². The van der Waals surface area contributed by atoms with Crippen LogP contribution in [0, 0.1) is 11.3 Å². The van der Waals surface area contributed by atoms with Crippen LogP contribution in [-0.4, -0.2) is 18.0 Å². The van der Waals surface area contributed by atoms with Gasteiger partial charge >= 0.3 is 0 Å². The highest BCUT2D eigenvalue weighted by atomic mass is 32.2. The van der Waals surface area contributed by atoms with Gasteiger partial charge in [-0.15, -0.1) is 0 Å². The van der Waals surface area contributed by atoms with Gasteiger partial charge < -0.3 is 4.74 Å². The maximum Gasteiger partial charge on any atom is 0.148 e. The zero-order valence-corrected chi connectivity index (χ0v) is 12.9. The summed E-state index contributed by atoms with van der Waals surface area (Å²) in [5.41, 5.74) is 2.35. The van der Waals surface area contributed by atoms with Crippen LogP contribution < -0.4 is 0 Å². The van der Waals surface area contributed by atoms with E-state index in [9.17, 15) is 5.26 Å². The Kier molecular flexibility index (Phi) is 4.38. The molecule has 22 heavy (non-hydrogen) atoms. The average Bonchev–Trinajstić information content (AvgIpc) is 2.59. The Labute approximate surface area is 133 Å². The van der Waals surface area contributed by atoms with E-state index in [0.717, 1.165) is 26.8 Å². The summed E-state index contributed by atoms with van der Waals surface area (Å²) in [6, 6.07) is 18.3. The Balaban J connectivity index is 2.24. The number of thioether (sulfide) groups is 1. The fraction of sp³-hybridized carbons (Fsp3) is 0.111. The van der Waals surface area contributed by atoms with Crippen LogP contribution in [0.4, 0.5) is 0 Å². The molecule has 3 rings (SSSR count). The van der Waals surface area contributed by atoms with E-state index in [1.165, 1.54) is 0 Å². The van der Waals surface area contributed by atoms with Crippen molar-refractivity contribution < 1.29 is 4.74 Å². The lowest BCUT2D eigenvalue weighted by Crippen LogP contribution is -1.92. The molecule has 1 aromatic heterocycles. The molecule has 0 fully saturated rings. The molecule has 0 saturated carbocycles. The third-order valence-corrected chi connectivity index (χ3v) is 4.32. The summed E-state index contributed by atoms with van der Waals surface area (Å²) in [4.78, 5) is 5.41. The van der Waals surface area contributed by atoms with E-state index in [0.29, 0.717) is 11.6 Å². The highest BCUT2D eigenvalue weighted by Crippen LogP contribution is 2.33. The van der Waals surface area contributed by atoms with Crippen molar-refractivity contribution in [2.24, 2.45) is 0 Å². The van der Waals surface area contributed by atoms with Gasteiger partial charge in [0, 0.05) is 29.2 Å². The number of fused-ring (bicyclic) bond motifs is 1. The molecular formula is C18H14N2OS. The van der Waals surface area contributed by atoms with Gasteiger partial charge in [-0.05, 0) is 23.1 Å². The van der Waals surface area contributed by atoms with Crippen LogP contribution in [0.3, 0.4) is 0 Å². The van der Waals surface area contributed by atoms with Crippen molar-refractivity contribution in [2.45, 2.75) is 4.90 Å². The Morgan fingerprint density at radius 1 is 1.18 bits per heavy atom. The van der Waals surface area contributed by atoms with Gasteiger partial charge in [0.1, 0.15) is 11.8 Å². The molecule has 0 aliphatic rings. The zero-order valence-electron chi connectivity index (χ0n) is 12.1. The maximum absolute atomic E-state index is 9.41. The van der Waals surface area contributed by atoms with E-state index in [1.807, 2.05) is 36.4 Å². The predicted molar refractivity (Wildman–Crippen MR) is 89.6 cm³/mol. The third kappa shape index (κ3) is 2.82. The molecule has 0 spiro atoms. The first-order valence-electron chi connectivity index (χ1n) is 6.83. The molecule has 0 radical (unpaired) electrons. The summed E-state index contributed by atoms with van der Waals surface area (Å²) in [6.07, 6.45) is 1.76. The molecule has 0 aliphatic heterocycles. The number of hydrogen-bond donors (Lipinski definition) is 0. The van der Waals surface area contributed by atoms with Gasteiger partial charge in [-0.3, -0.25) is 0 Å². The van der Waals surface area contributed by atoms with Crippen LogP contribution in [0.15, 0.2) is 59.6 Å². The molecule has 0 atom stereocenters. The lowest BCUT2D eigenvalue weighted by atomic mass is 9.98. The van der Waals surface area contributed by atoms with Crippen LogP contribution in [0.25, 0.3) is 21.9 Å². The first kappa shape index (κ1) is 14.6. The summed E-state index contributed by atoms with van der Waals surface area (Å²) < 4.78 is 5.12. The number of nitrogens with zero attached hydrogens (tertiary/aromatic N) is 2. The van der Waals surface area contributed by atoms with Crippen LogP contribution in [0.2, 0.25) is 0 Å². The largest absolute Gasteiger partial charge is 0.374 e. The summed E-state index contributed by atoms with van der Waals surface area (Å²) in [7, 11) is 1.68. The number of rotatable bonds is 4. The Morgan fingerprint density at radius 3 is 2.73 bits per heavy atom. The van der Waals surface area contributed by atoms with Crippen molar-refractivity contribution in [1.29, 1.82) is 5.26 Å². The molecule has 1 heterocycles. The minimum absolute atomic E-state index is 0.451. The first-order chi connectivity index (χ1) is 10.8. The van der Waals surface area contributed by atoms with Gasteiger partial charge in [0.15, 0.2) is 0 Å². The second-order valence-electron chi connectivity index (χ2n) is 4.76. The first-order valence-corrected chi connectivity index (χ1v) is 7.82. The quantitative estimate of drug-likeness (QED) is 0.527. The molecule has 3 nitrogen and oxygen atoms in total. The summed E-state index contributed by atoms with van der Waals surface area (Å²) in [5.74, 6) is 0.600. The molecule has 4 heteroatoms. The van der Waals surface area contributed by atoms with Crippen LogP contribution >= 0.6 is 11.8 Å². The molecular weight excluding hydrogens is 292 g/mol. The smallest absolute Gasteiger partial charge is 0.148 e. The fourth-order valence-electron chi connectivity index (χ4n) is 2.39. The molecule has 2 aromatic carbocycles. The zero-order chi connectivity index (χ0) is 15.4.